The molecular weight excluding hydrogens is 306 g/mol. The lowest BCUT2D eigenvalue weighted by atomic mass is 10.1. The first-order valence-corrected chi connectivity index (χ1v) is 7.46. The van der Waals surface area contributed by atoms with E-state index < -0.39 is 5.69 Å². The number of benzene rings is 1. The van der Waals surface area contributed by atoms with Gasteiger partial charge >= 0.3 is 5.69 Å². The monoisotopic (exact) mass is 323 g/mol. The standard InChI is InChI=1S/C17H17N5O2/c1-3-13-4-6-14(7-5-13)9-22-11-15(19-20-22)10-21-8-12(2)16(23)18-17(21)24/h3-8,11H,1,9-10H2,2H3,(H,18,23,24). The van der Waals surface area contributed by atoms with Gasteiger partial charge in [0.15, 0.2) is 0 Å². The maximum Gasteiger partial charge on any atom is 0.328 e. The molecule has 0 aliphatic heterocycles. The van der Waals surface area contributed by atoms with Crippen molar-refractivity contribution in [1.82, 2.24) is 24.5 Å². The normalized spacial score (nSPS) is 10.7. The highest BCUT2D eigenvalue weighted by atomic mass is 16.2. The third kappa shape index (κ3) is 3.40. The number of hydrogen-bond acceptors (Lipinski definition) is 4. The zero-order chi connectivity index (χ0) is 17.1. The van der Waals surface area contributed by atoms with Crippen LogP contribution >= 0.6 is 0 Å². The summed E-state index contributed by atoms with van der Waals surface area (Å²) >= 11 is 0. The summed E-state index contributed by atoms with van der Waals surface area (Å²) in [6, 6.07) is 7.99. The molecular formula is C17H17N5O2. The topological polar surface area (TPSA) is 85.6 Å². The Morgan fingerprint density at radius 2 is 1.92 bits per heavy atom. The first-order chi connectivity index (χ1) is 11.5. The molecule has 122 valence electrons. The van der Waals surface area contributed by atoms with E-state index in [1.54, 1.807) is 23.9 Å². The zero-order valence-corrected chi connectivity index (χ0v) is 13.3. The van der Waals surface area contributed by atoms with Crippen molar-refractivity contribution in [3.05, 3.63) is 86.5 Å². The van der Waals surface area contributed by atoms with Crippen LogP contribution in [0.3, 0.4) is 0 Å². The van der Waals surface area contributed by atoms with Crippen molar-refractivity contribution < 1.29 is 0 Å². The van der Waals surface area contributed by atoms with E-state index in [0.29, 0.717) is 17.8 Å². The van der Waals surface area contributed by atoms with Crippen LogP contribution in [0.15, 0.2) is 52.8 Å². The van der Waals surface area contributed by atoms with Crippen molar-refractivity contribution in [1.29, 1.82) is 0 Å². The van der Waals surface area contributed by atoms with Crippen LogP contribution in [0, 0.1) is 6.92 Å². The molecule has 0 aliphatic rings. The van der Waals surface area contributed by atoms with Crippen LogP contribution in [-0.4, -0.2) is 24.5 Å². The van der Waals surface area contributed by atoms with Gasteiger partial charge < -0.3 is 0 Å². The van der Waals surface area contributed by atoms with Crippen LogP contribution in [0.2, 0.25) is 0 Å². The minimum Gasteiger partial charge on any atom is -0.294 e. The lowest BCUT2D eigenvalue weighted by Crippen LogP contribution is -2.31. The molecule has 0 spiro atoms. The highest BCUT2D eigenvalue weighted by Crippen LogP contribution is 2.07. The zero-order valence-electron chi connectivity index (χ0n) is 13.3. The molecule has 0 amide bonds. The van der Waals surface area contributed by atoms with Crippen LogP contribution in [0.1, 0.15) is 22.4 Å². The van der Waals surface area contributed by atoms with Gasteiger partial charge in [0.05, 0.1) is 19.3 Å². The van der Waals surface area contributed by atoms with Gasteiger partial charge in [-0.15, -0.1) is 5.10 Å². The second-order valence-corrected chi connectivity index (χ2v) is 5.55. The Kier molecular flexibility index (Phi) is 4.24. The van der Waals surface area contributed by atoms with Gasteiger partial charge in [-0.1, -0.05) is 42.1 Å². The molecule has 0 unspecified atom stereocenters. The smallest absolute Gasteiger partial charge is 0.294 e. The van der Waals surface area contributed by atoms with Gasteiger partial charge in [0.25, 0.3) is 5.56 Å². The van der Waals surface area contributed by atoms with Gasteiger partial charge in [-0.3, -0.25) is 14.3 Å². The number of aromatic nitrogens is 5. The van der Waals surface area contributed by atoms with Crippen molar-refractivity contribution in [3.8, 4) is 0 Å². The molecule has 1 N–H and O–H groups in total. The summed E-state index contributed by atoms with van der Waals surface area (Å²) in [5.74, 6) is 0. The maximum atomic E-state index is 11.8. The second kappa shape index (κ2) is 6.49. The van der Waals surface area contributed by atoms with Crippen LogP contribution in [-0.2, 0) is 13.1 Å². The van der Waals surface area contributed by atoms with E-state index in [4.69, 9.17) is 0 Å². The Balaban J connectivity index is 1.75. The molecule has 0 radical (unpaired) electrons. The second-order valence-electron chi connectivity index (χ2n) is 5.55. The third-order valence-corrected chi connectivity index (χ3v) is 3.67. The van der Waals surface area contributed by atoms with E-state index in [1.165, 1.54) is 10.8 Å². The molecule has 3 aromatic rings. The number of H-pyrrole nitrogens is 1. The van der Waals surface area contributed by atoms with E-state index in [-0.39, 0.29) is 12.1 Å². The number of hydrogen-bond donors (Lipinski definition) is 1. The van der Waals surface area contributed by atoms with Crippen molar-refractivity contribution in [2.45, 2.75) is 20.0 Å². The predicted octanol–water partition coefficient (Wildman–Crippen LogP) is 1.18. The minimum atomic E-state index is -0.458. The summed E-state index contributed by atoms with van der Waals surface area (Å²) in [4.78, 5) is 25.5. The summed E-state index contributed by atoms with van der Waals surface area (Å²) in [5.41, 5.74) is 2.44. The molecule has 7 heteroatoms. The summed E-state index contributed by atoms with van der Waals surface area (Å²) < 4.78 is 3.12. The van der Waals surface area contributed by atoms with E-state index in [0.717, 1.165) is 11.1 Å². The average Bonchev–Trinajstić information content (AvgIpc) is 3.00. The fourth-order valence-corrected chi connectivity index (χ4v) is 2.34. The quantitative estimate of drug-likeness (QED) is 0.764. The molecule has 0 saturated carbocycles. The fraction of sp³-hybridized carbons (Fsp3) is 0.176. The number of rotatable bonds is 5. The van der Waals surface area contributed by atoms with E-state index in [1.807, 2.05) is 24.3 Å². The van der Waals surface area contributed by atoms with Crippen molar-refractivity contribution in [3.63, 3.8) is 0 Å². The molecule has 0 fully saturated rings. The molecule has 0 aliphatic carbocycles. The van der Waals surface area contributed by atoms with Crippen molar-refractivity contribution in [2.75, 3.05) is 0 Å². The lowest BCUT2D eigenvalue weighted by Gasteiger charge is -2.03. The first-order valence-electron chi connectivity index (χ1n) is 7.46. The van der Waals surface area contributed by atoms with Gasteiger partial charge in [-0.05, 0) is 18.1 Å². The largest absolute Gasteiger partial charge is 0.328 e. The van der Waals surface area contributed by atoms with Crippen LogP contribution < -0.4 is 11.2 Å². The average molecular weight is 323 g/mol. The summed E-state index contributed by atoms with van der Waals surface area (Å²) in [6.45, 7) is 6.22. The molecule has 0 saturated heterocycles. The van der Waals surface area contributed by atoms with Gasteiger partial charge in [0.1, 0.15) is 5.69 Å². The highest BCUT2D eigenvalue weighted by molar-refractivity contribution is 5.47. The number of nitrogens with one attached hydrogen (secondary N) is 1. The Labute approximate surface area is 137 Å². The molecule has 3 rings (SSSR count). The molecule has 1 aromatic carbocycles. The Hall–Kier alpha value is -3.22. The molecule has 24 heavy (non-hydrogen) atoms. The molecule has 7 nitrogen and oxygen atoms in total. The van der Waals surface area contributed by atoms with Gasteiger partial charge in [0, 0.05) is 11.8 Å². The van der Waals surface area contributed by atoms with Crippen LogP contribution in [0.4, 0.5) is 0 Å². The number of aryl methyl sites for hydroxylation is 1. The Morgan fingerprint density at radius 1 is 1.17 bits per heavy atom. The third-order valence-electron chi connectivity index (χ3n) is 3.67. The van der Waals surface area contributed by atoms with Crippen LogP contribution in [0.5, 0.6) is 0 Å². The minimum absolute atomic E-state index is 0.256. The van der Waals surface area contributed by atoms with E-state index in [2.05, 4.69) is 21.9 Å². The maximum absolute atomic E-state index is 11.8. The van der Waals surface area contributed by atoms with Gasteiger partial charge in [-0.2, -0.15) is 0 Å². The predicted molar refractivity (Wildman–Crippen MR) is 90.8 cm³/mol. The van der Waals surface area contributed by atoms with Gasteiger partial charge in [0.2, 0.25) is 0 Å². The number of nitrogens with zero attached hydrogens (tertiary/aromatic N) is 4. The summed E-state index contributed by atoms with van der Waals surface area (Å²) in [5, 5.41) is 8.16. The molecule has 0 bridgehead atoms. The van der Waals surface area contributed by atoms with Crippen LogP contribution in [0.25, 0.3) is 6.08 Å². The lowest BCUT2D eigenvalue weighted by molar-refractivity contribution is 0.647. The Bertz CT molecular complexity index is 979. The molecule has 2 aromatic heterocycles. The van der Waals surface area contributed by atoms with E-state index >= 15 is 0 Å². The molecule has 2 heterocycles. The summed E-state index contributed by atoms with van der Waals surface area (Å²) in [6.07, 6.45) is 5.10. The number of aromatic amines is 1. The van der Waals surface area contributed by atoms with Crippen molar-refractivity contribution >= 4 is 6.08 Å². The fourth-order valence-electron chi connectivity index (χ4n) is 2.34. The van der Waals surface area contributed by atoms with Gasteiger partial charge in [-0.25, -0.2) is 9.48 Å². The van der Waals surface area contributed by atoms with Crippen molar-refractivity contribution in [2.24, 2.45) is 0 Å². The first kappa shape index (κ1) is 15.7. The summed E-state index contributed by atoms with van der Waals surface area (Å²) in [7, 11) is 0. The SMILES string of the molecule is C=Cc1ccc(Cn2cc(Cn3cc(C)c(=O)[nH]c3=O)nn2)cc1. The molecule has 0 atom stereocenters. The van der Waals surface area contributed by atoms with E-state index in [9.17, 15) is 9.59 Å². The highest BCUT2D eigenvalue weighted by Gasteiger charge is 2.06. The Morgan fingerprint density at radius 3 is 2.62 bits per heavy atom.